The van der Waals surface area contributed by atoms with E-state index in [1.807, 2.05) is 13.0 Å². The number of hydrogen-bond acceptors (Lipinski definition) is 3. The molecule has 0 N–H and O–H groups in total. The van der Waals surface area contributed by atoms with E-state index in [0.717, 1.165) is 29.0 Å². The molecule has 0 spiro atoms. The molecule has 0 bridgehead atoms. The van der Waals surface area contributed by atoms with E-state index in [1.54, 1.807) is 6.26 Å². The molecule has 1 aromatic rings. The molecule has 0 amide bonds. The lowest BCUT2D eigenvalue weighted by atomic mass is 9.95. The van der Waals surface area contributed by atoms with Crippen LogP contribution in [-0.2, 0) is 17.6 Å². The number of Topliss-reactive ketones (excluding diaryl/α,β-unsaturated/α-hetero) is 1. The van der Waals surface area contributed by atoms with Crippen LogP contribution in [0.15, 0.2) is 11.0 Å². The maximum Gasteiger partial charge on any atom is 0.181 e. The second kappa shape index (κ2) is 3.94. The van der Waals surface area contributed by atoms with Crippen LogP contribution in [0.25, 0.3) is 0 Å². The zero-order valence-corrected chi connectivity index (χ0v) is 9.69. The van der Waals surface area contributed by atoms with Gasteiger partial charge in [-0.3, -0.25) is 4.79 Å². The van der Waals surface area contributed by atoms with Crippen molar-refractivity contribution in [2.24, 2.45) is 0 Å². The fourth-order valence-electron chi connectivity index (χ4n) is 1.94. The molecule has 4 heteroatoms. The monoisotopic (exact) mass is 223 g/mol. The molecular formula is C11H13NO2S. The Morgan fingerprint density at radius 1 is 1.47 bits per heavy atom. The summed E-state index contributed by atoms with van der Waals surface area (Å²) in [5.41, 5.74) is 2.22. The lowest BCUT2D eigenvalue weighted by molar-refractivity contribution is 0.0966. The van der Waals surface area contributed by atoms with Crippen molar-refractivity contribution < 1.29 is 9.35 Å². The number of hydrogen-bond donors (Lipinski definition) is 0. The Hall–Kier alpha value is -0.870. The largest absolute Gasteiger partial charge is 0.612 e. The highest BCUT2D eigenvalue weighted by molar-refractivity contribution is 7.90. The highest BCUT2D eigenvalue weighted by Crippen LogP contribution is 2.26. The zero-order valence-electron chi connectivity index (χ0n) is 8.87. The molecule has 0 aromatic carbocycles. The van der Waals surface area contributed by atoms with Crippen LogP contribution < -0.4 is 0 Å². The lowest BCUT2D eigenvalue weighted by Gasteiger charge is -2.17. The number of nitrogens with zero attached hydrogens (tertiary/aromatic N) is 1. The summed E-state index contributed by atoms with van der Waals surface area (Å²) in [5.74, 6) is 0.0895. The van der Waals surface area contributed by atoms with E-state index in [2.05, 4.69) is 4.98 Å². The van der Waals surface area contributed by atoms with Crippen molar-refractivity contribution in [3.63, 3.8) is 0 Å². The van der Waals surface area contributed by atoms with E-state index in [0.29, 0.717) is 12.1 Å². The first-order valence-electron chi connectivity index (χ1n) is 4.96. The second-order valence-corrected chi connectivity index (χ2v) is 5.17. The predicted molar refractivity (Wildman–Crippen MR) is 58.6 cm³/mol. The van der Waals surface area contributed by atoms with Gasteiger partial charge in [-0.1, -0.05) is 0 Å². The van der Waals surface area contributed by atoms with Gasteiger partial charge in [0.05, 0.1) is 0 Å². The van der Waals surface area contributed by atoms with E-state index in [1.165, 1.54) is 0 Å². The second-order valence-electron chi connectivity index (χ2n) is 3.82. The highest BCUT2D eigenvalue weighted by atomic mass is 32.2. The minimum atomic E-state index is -1.04. The quantitative estimate of drug-likeness (QED) is 0.680. The molecule has 1 unspecified atom stereocenters. The van der Waals surface area contributed by atoms with E-state index < -0.39 is 11.2 Å². The van der Waals surface area contributed by atoms with Gasteiger partial charge in [0.2, 0.25) is 0 Å². The minimum Gasteiger partial charge on any atom is -0.612 e. The third-order valence-electron chi connectivity index (χ3n) is 2.62. The Bertz CT molecular complexity index is 415. The predicted octanol–water partition coefficient (Wildman–Crippen LogP) is 1.65. The number of pyridine rings is 1. The molecule has 1 aliphatic rings. The van der Waals surface area contributed by atoms with Gasteiger partial charge in [-0.2, -0.15) is 0 Å². The molecular weight excluding hydrogens is 210 g/mol. The minimum absolute atomic E-state index is 0.0895. The van der Waals surface area contributed by atoms with Crippen LogP contribution >= 0.6 is 0 Å². The number of aryl methyl sites for hydroxylation is 1. The fourth-order valence-corrected chi connectivity index (χ4v) is 2.82. The Morgan fingerprint density at radius 3 is 2.87 bits per heavy atom. The van der Waals surface area contributed by atoms with Crippen LogP contribution in [0.1, 0.15) is 34.6 Å². The Morgan fingerprint density at radius 2 is 2.20 bits per heavy atom. The van der Waals surface area contributed by atoms with Crippen molar-refractivity contribution in [3.05, 3.63) is 23.0 Å². The van der Waals surface area contributed by atoms with Crippen LogP contribution in [0.2, 0.25) is 0 Å². The molecule has 0 radical (unpaired) electrons. The summed E-state index contributed by atoms with van der Waals surface area (Å²) in [6.07, 6.45) is 3.89. The van der Waals surface area contributed by atoms with E-state index in [9.17, 15) is 9.35 Å². The summed E-state index contributed by atoms with van der Waals surface area (Å²) in [7, 11) is 0. The molecule has 3 nitrogen and oxygen atoms in total. The third kappa shape index (κ3) is 1.92. The van der Waals surface area contributed by atoms with Crippen molar-refractivity contribution in [2.45, 2.75) is 31.1 Å². The molecule has 1 aliphatic carbocycles. The van der Waals surface area contributed by atoms with Gasteiger partial charge in [0, 0.05) is 23.7 Å². The van der Waals surface area contributed by atoms with Crippen LogP contribution in [0.4, 0.5) is 0 Å². The molecule has 0 saturated heterocycles. The molecule has 0 aliphatic heterocycles. The van der Waals surface area contributed by atoms with Gasteiger partial charge in [0.25, 0.3) is 0 Å². The number of rotatable bonds is 1. The van der Waals surface area contributed by atoms with Crippen molar-refractivity contribution in [1.82, 2.24) is 4.98 Å². The Kier molecular flexibility index (Phi) is 2.80. The summed E-state index contributed by atoms with van der Waals surface area (Å²) in [6.45, 7) is 1.83. The first kappa shape index (κ1) is 10.6. The van der Waals surface area contributed by atoms with Crippen LogP contribution in [-0.4, -0.2) is 21.6 Å². The first-order valence-corrected chi connectivity index (χ1v) is 6.52. The number of ketones is 1. The van der Waals surface area contributed by atoms with Gasteiger partial charge in [-0.05, 0) is 30.9 Å². The van der Waals surface area contributed by atoms with Gasteiger partial charge < -0.3 is 4.55 Å². The molecule has 15 heavy (non-hydrogen) atoms. The summed E-state index contributed by atoms with van der Waals surface area (Å²) in [5, 5.41) is 0. The molecule has 1 heterocycles. The molecule has 80 valence electrons. The summed E-state index contributed by atoms with van der Waals surface area (Å²) in [4.78, 5) is 16.7. The van der Waals surface area contributed by atoms with E-state index >= 15 is 0 Å². The average Bonchev–Trinajstić information content (AvgIpc) is 2.18. The van der Waals surface area contributed by atoms with Crippen LogP contribution in [0.3, 0.4) is 0 Å². The fraction of sp³-hybridized carbons (Fsp3) is 0.455. The zero-order chi connectivity index (χ0) is 11.0. The third-order valence-corrected chi connectivity index (χ3v) is 3.60. The van der Waals surface area contributed by atoms with Gasteiger partial charge in [-0.25, -0.2) is 4.98 Å². The Balaban J connectivity index is 2.62. The van der Waals surface area contributed by atoms with E-state index in [-0.39, 0.29) is 5.78 Å². The number of fused-ring (bicyclic) bond motifs is 1. The van der Waals surface area contributed by atoms with Crippen LogP contribution in [0.5, 0.6) is 0 Å². The standard InChI is InChI=1S/C11H13NO2S/c1-7-6-10(15(2)14)8-4-3-5-9(13)11(8)12-7/h6H,3-5H2,1-2H3. The molecule has 0 fully saturated rings. The van der Waals surface area contributed by atoms with Gasteiger partial charge in [-0.15, -0.1) is 0 Å². The maximum absolute atomic E-state index is 11.7. The van der Waals surface area contributed by atoms with Gasteiger partial charge >= 0.3 is 0 Å². The number of aromatic nitrogens is 1. The smallest absolute Gasteiger partial charge is 0.181 e. The van der Waals surface area contributed by atoms with Crippen molar-refractivity contribution in [1.29, 1.82) is 0 Å². The number of carbonyl (C=O) groups excluding carboxylic acids is 1. The summed E-state index contributed by atoms with van der Waals surface area (Å²) >= 11 is -1.04. The average molecular weight is 223 g/mol. The lowest BCUT2D eigenvalue weighted by Crippen LogP contribution is -2.17. The SMILES string of the molecule is Cc1cc([S+](C)[O-])c2c(n1)C(=O)CCC2. The van der Waals surface area contributed by atoms with Crippen LogP contribution in [0, 0.1) is 6.92 Å². The topological polar surface area (TPSA) is 53.0 Å². The summed E-state index contributed by atoms with van der Waals surface area (Å²) < 4.78 is 11.5. The molecule has 1 atom stereocenters. The van der Waals surface area contributed by atoms with Crippen molar-refractivity contribution in [3.8, 4) is 0 Å². The molecule has 2 rings (SSSR count). The molecule has 0 saturated carbocycles. The summed E-state index contributed by atoms with van der Waals surface area (Å²) in [6, 6.07) is 1.83. The normalized spacial score (nSPS) is 17.4. The highest BCUT2D eigenvalue weighted by Gasteiger charge is 2.25. The Labute approximate surface area is 92.1 Å². The van der Waals surface area contributed by atoms with Gasteiger partial charge in [0.15, 0.2) is 10.7 Å². The van der Waals surface area contributed by atoms with Gasteiger partial charge in [0.1, 0.15) is 11.9 Å². The van der Waals surface area contributed by atoms with E-state index in [4.69, 9.17) is 0 Å². The van der Waals surface area contributed by atoms with Crippen molar-refractivity contribution in [2.75, 3.05) is 6.26 Å². The number of carbonyl (C=O) groups is 1. The molecule has 1 aromatic heterocycles. The van der Waals surface area contributed by atoms with Crippen molar-refractivity contribution >= 4 is 17.0 Å². The maximum atomic E-state index is 11.7. The first-order chi connectivity index (χ1) is 7.09.